The molecule has 0 fully saturated rings. The van der Waals surface area contributed by atoms with Crippen molar-refractivity contribution in [3.8, 4) is 5.75 Å². The molecule has 19 heavy (non-hydrogen) atoms. The predicted molar refractivity (Wildman–Crippen MR) is 73.0 cm³/mol. The molecule has 2 rings (SSSR count). The summed E-state index contributed by atoms with van der Waals surface area (Å²) in [5, 5.41) is 3.44. The van der Waals surface area contributed by atoms with Crippen LogP contribution in [0.1, 0.15) is 30.8 Å². The van der Waals surface area contributed by atoms with Crippen molar-refractivity contribution < 1.29 is 4.74 Å². The van der Waals surface area contributed by atoms with Crippen LogP contribution in [0.4, 0.5) is 0 Å². The van der Waals surface area contributed by atoms with E-state index < -0.39 is 0 Å². The molecule has 0 aromatic carbocycles. The Morgan fingerprint density at radius 2 is 2.16 bits per heavy atom. The maximum Gasteiger partial charge on any atom is 0.142 e. The molecule has 2 aromatic rings. The third-order valence-corrected chi connectivity index (χ3v) is 2.79. The van der Waals surface area contributed by atoms with Crippen LogP contribution in [-0.2, 0) is 0 Å². The zero-order valence-corrected chi connectivity index (χ0v) is 11.2. The van der Waals surface area contributed by atoms with Gasteiger partial charge in [-0.25, -0.2) is 9.97 Å². The maximum absolute atomic E-state index is 5.38. The van der Waals surface area contributed by atoms with Crippen molar-refractivity contribution in [1.82, 2.24) is 20.3 Å². The fourth-order valence-corrected chi connectivity index (χ4v) is 1.89. The second-order valence-electron chi connectivity index (χ2n) is 4.11. The quantitative estimate of drug-likeness (QED) is 0.858. The van der Waals surface area contributed by atoms with Gasteiger partial charge in [-0.2, -0.15) is 0 Å². The van der Waals surface area contributed by atoms with Gasteiger partial charge in [0.25, 0.3) is 0 Å². The zero-order valence-electron chi connectivity index (χ0n) is 11.2. The van der Waals surface area contributed by atoms with Crippen molar-refractivity contribution in [3.63, 3.8) is 0 Å². The Morgan fingerprint density at radius 1 is 1.26 bits per heavy atom. The summed E-state index contributed by atoms with van der Waals surface area (Å²) in [6.07, 6.45) is 6.08. The highest BCUT2D eigenvalue weighted by Gasteiger charge is 2.19. The van der Waals surface area contributed by atoms with Gasteiger partial charge in [0.05, 0.1) is 18.8 Å². The van der Waals surface area contributed by atoms with Crippen molar-refractivity contribution in [2.24, 2.45) is 0 Å². The average molecular weight is 258 g/mol. The van der Waals surface area contributed by atoms with Crippen LogP contribution in [0.15, 0.2) is 36.9 Å². The second kappa shape index (κ2) is 6.80. The summed E-state index contributed by atoms with van der Waals surface area (Å²) in [5.41, 5.74) is 1.73. The number of hydrogen-bond donors (Lipinski definition) is 1. The Bertz CT molecular complexity index is 504. The maximum atomic E-state index is 5.38. The molecule has 0 aliphatic rings. The average Bonchev–Trinajstić information content (AvgIpc) is 2.49. The lowest BCUT2D eigenvalue weighted by molar-refractivity contribution is 0.399. The van der Waals surface area contributed by atoms with Gasteiger partial charge < -0.3 is 10.1 Å². The van der Waals surface area contributed by atoms with Gasteiger partial charge >= 0.3 is 0 Å². The molecule has 0 spiro atoms. The first kappa shape index (κ1) is 13.4. The summed E-state index contributed by atoms with van der Waals surface area (Å²) in [5.74, 6) is 0.759. The molecule has 5 nitrogen and oxygen atoms in total. The lowest BCUT2D eigenvalue weighted by Gasteiger charge is -2.19. The number of rotatable bonds is 6. The van der Waals surface area contributed by atoms with Crippen LogP contribution in [0.2, 0.25) is 0 Å². The van der Waals surface area contributed by atoms with Crippen LogP contribution in [0, 0.1) is 0 Å². The topological polar surface area (TPSA) is 59.9 Å². The van der Waals surface area contributed by atoms with E-state index in [9.17, 15) is 0 Å². The molecule has 100 valence electrons. The van der Waals surface area contributed by atoms with Gasteiger partial charge in [0, 0.05) is 12.4 Å². The Kier molecular flexibility index (Phi) is 4.80. The summed E-state index contributed by atoms with van der Waals surface area (Å²) in [7, 11) is 1.65. The van der Waals surface area contributed by atoms with E-state index in [0.717, 1.165) is 30.1 Å². The number of pyridine rings is 1. The van der Waals surface area contributed by atoms with Crippen molar-refractivity contribution in [2.75, 3.05) is 13.7 Å². The molecular weight excluding hydrogens is 240 g/mol. The van der Waals surface area contributed by atoms with E-state index in [1.54, 1.807) is 25.8 Å². The SMILES string of the molecule is CCCNC(c1ccncn1)c1ncccc1OC. The van der Waals surface area contributed by atoms with Gasteiger partial charge in [-0.05, 0) is 31.2 Å². The van der Waals surface area contributed by atoms with E-state index in [2.05, 4.69) is 27.2 Å². The van der Waals surface area contributed by atoms with Crippen molar-refractivity contribution in [1.29, 1.82) is 0 Å². The first-order valence-corrected chi connectivity index (χ1v) is 6.35. The van der Waals surface area contributed by atoms with Crippen molar-refractivity contribution in [2.45, 2.75) is 19.4 Å². The van der Waals surface area contributed by atoms with Gasteiger partial charge in [-0.1, -0.05) is 6.92 Å². The van der Waals surface area contributed by atoms with Gasteiger partial charge in [0.15, 0.2) is 0 Å². The molecule has 0 radical (unpaired) electrons. The predicted octanol–water partition coefficient (Wildman–Crippen LogP) is 1.97. The monoisotopic (exact) mass is 258 g/mol. The lowest BCUT2D eigenvalue weighted by atomic mass is 10.1. The van der Waals surface area contributed by atoms with Crippen LogP contribution >= 0.6 is 0 Å². The third-order valence-electron chi connectivity index (χ3n) is 2.79. The molecule has 1 atom stereocenters. The first-order chi connectivity index (χ1) is 9.36. The summed E-state index contributed by atoms with van der Waals surface area (Å²) < 4.78 is 5.38. The van der Waals surface area contributed by atoms with Crippen LogP contribution in [-0.4, -0.2) is 28.6 Å². The molecule has 2 aromatic heterocycles. The standard InChI is InChI=1S/C14H18N4O/c1-3-7-16-13(11-6-9-15-10-18-11)14-12(19-2)5-4-8-17-14/h4-6,8-10,13,16H,3,7H2,1-2H3. The van der Waals surface area contributed by atoms with Gasteiger partial charge in [0.2, 0.25) is 0 Å². The first-order valence-electron chi connectivity index (χ1n) is 6.35. The van der Waals surface area contributed by atoms with Crippen LogP contribution in [0.25, 0.3) is 0 Å². The summed E-state index contributed by atoms with van der Waals surface area (Å²) in [6, 6.07) is 5.57. The minimum atomic E-state index is -0.0842. The molecule has 1 unspecified atom stereocenters. The van der Waals surface area contributed by atoms with E-state index >= 15 is 0 Å². The molecule has 0 amide bonds. The molecule has 1 N–H and O–H groups in total. The fourth-order valence-electron chi connectivity index (χ4n) is 1.89. The lowest BCUT2D eigenvalue weighted by Crippen LogP contribution is -2.25. The molecule has 0 saturated carbocycles. The minimum absolute atomic E-state index is 0.0842. The second-order valence-corrected chi connectivity index (χ2v) is 4.11. The van der Waals surface area contributed by atoms with E-state index in [1.807, 2.05) is 18.2 Å². The smallest absolute Gasteiger partial charge is 0.142 e. The van der Waals surface area contributed by atoms with Gasteiger partial charge in [0.1, 0.15) is 17.8 Å². The number of hydrogen-bond acceptors (Lipinski definition) is 5. The molecule has 2 heterocycles. The van der Waals surface area contributed by atoms with E-state index in [-0.39, 0.29) is 6.04 Å². The number of ether oxygens (including phenoxy) is 1. The van der Waals surface area contributed by atoms with Crippen LogP contribution in [0.5, 0.6) is 5.75 Å². The Morgan fingerprint density at radius 3 is 2.84 bits per heavy atom. The zero-order chi connectivity index (χ0) is 13.5. The number of nitrogens with one attached hydrogen (secondary N) is 1. The molecule has 0 aliphatic heterocycles. The number of aromatic nitrogens is 3. The third kappa shape index (κ3) is 3.26. The molecule has 0 saturated heterocycles. The fraction of sp³-hybridized carbons (Fsp3) is 0.357. The Labute approximate surface area is 113 Å². The van der Waals surface area contributed by atoms with Gasteiger partial charge in [-0.3, -0.25) is 4.98 Å². The largest absolute Gasteiger partial charge is 0.495 e. The van der Waals surface area contributed by atoms with E-state index in [0.29, 0.717) is 0 Å². The summed E-state index contributed by atoms with van der Waals surface area (Å²) >= 11 is 0. The summed E-state index contributed by atoms with van der Waals surface area (Å²) in [6.45, 7) is 3.01. The van der Waals surface area contributed by atoms with Crippen LogP contribution < -0.4 is 10.1 Å². The minimum Gasteiger partial charge on any atom is -0.495 e. The Hall–Kier alpha value is -2.01. The number of nitrogens with zero attached hydrogens (tertiary/aromatic N) is 3. The molecule has 0 aliphatic carbocycles. The van der Waals surface area contributed by atoms with Crippen LogP contribution in [0.3, 0.4) is 0 Å². The molecular formula is C14H18N4O. The normalized spacial score (nSPS) is 12.1. The van der Waals surface area contributed by atoms with E-state index in [1.165, 1.54) is 0 Å². The van der Waals surface area contributed by atoms with Crippen molar-refractivity contribution >= 4 is 0 Å². The van der Waals surface area contributed by atoms with Crippen molar-refractivity contribution in [3.05, 3.63) is 48.3 Å². The number of methoxy groups -OCH3 is 1. The van der Waals surface area contributed by atoms with E-state index in [4.69, 9.17) is 4.74 Å². The highest BCUT2D eigenvalue weighted by molar-refractivity contribution is 5.34. The highest BCUT2D eigenvalue weighted by atomic mass is 16.5. The van der Waals surface area contributed by atoms with Gasteiger partial charge in [-0.15, -0.1) is 0 Å². The Balaban J connectivity index is 2.37. The summed E-state index contributed by atoms with van der Waals surface area (Å²) in [4.78, 5) is 12.7. The molecule has 0 bridgehead atoms. The highest BCUT2D eigenvalue weighted by Crippen LogP contribution is 2.26. The molecule has 5 heteroatoms.